The molecule has 0 radical (unpaired) electrons. The fraction of sp³-hybridized carbons (Fsp3) is 0.600. The first kappa shape index (κ1) is 9.10. The zero-order valence-electron chi connectivity index (χ0n) is 7.66. The Labute approximate surface area is 83.6 Å². The summed E-state index contributed by atoms with van der Waals surface area (Å²) >= 11 is 6.05. The molecule has 72 valence electrons. The minimum atomic E-state index is 0.0385. The van der Waals surface area contributed by atoms with Gasteiger partial charge in [-0.25, -0.2) is 0 Å². The summed E-state index contributed by atoms with van der Waals surface area (Å²) < 4.78 is 5.66. The number of hydrogen-bond donors (Lipinski definition) is 1. The standard InChI is InChI=1S/C10H14ClNO/c1-12-10-6-8(4-5-9(10)11)13-7-2-3-7/h4-7,9-10,12H,2-3H2,1H3. The van der Waals surface area contributed by atoms with Crippen LogP contribution in [-0.4, -0.2) is 24.6 Å². The van der Waals surface area contributed by atoms with Crippen molar-refractivity contribution in [2.75, 3.05) is 7.05 Å². The van der Waals surface area contributed by atoms with E-state index in [-0.39, 0.29) is 11.4 Å². The molecule has 0 saturated heterocycles. The lowest BCUT2D eigenvalue weighted by Gasteiger charge is -2.20. The number of hydrogen-bond acceptors (Lipinski definition) is 2. The van der Waals surface area contributed by atoms with Crippen LogP contribution in [0.25, 0.3) is 0 Å². The van der Waals surface area contributed by atoms with Crippen molar-refractivity contribution in [1.82, 2.24) is 5.32 Å². The lowest BCUT2D eigenvalue weighted by Crippen LogP contribution is -2.33. The maximum atomic E-state index is 6.05. The van der Waals surface area contributed by atoms with Gasteiger partial charge in [0.05, 0.1) is 11.5 Å². The summed E-state index contributed by atoms with van der Waals surface area (Å²) in [5, 5.41) is 3.18. The predicted octanol–water partition coefficient (Wildman–Crippen LogP) is 1.81. The lowest BCUT2D eigenvalue weighted by molar-refractivity contribution is 0.205. The van der Waals surface area contributed by atoms with Gasteiger partial charge in [-0.2, -0.15) is 0 Å². The number of ether oxygens (including phenoxy) is 1. The topological polar surface area (TPSA) is 21.3 Å². The second-order valence-corrected chi connectivity index (χ2v) is 4.01. The van der Waals surface area contributed by atoms with Crippen LogP contribution in [0.15, 0.2) is 24.0 Å². The van der Waals surface area contributed by atoms with E-state index in [1.807, 2.05) is 19.2 Å². The quantitative estimate of drug-likeness (QED) is 0.701. The Balaban J connectivity index is 1.98. The first-order chi connectivity index (χ1) is 6.29. The molecule has 2 nitrogen and oxygen atoms in total. The summed E-state index contributed by atoms with van der Waals surface area (Å²) in [5.41, 5.74) is 0. The number of nitrogens with one attached hydrogen (secondary N) is 1. The Morgan fingerprint density at radius 2 is 2.31 bits per heavy atom. The molecule has 3 heteroatoms. The van der Waals surface area contributed by atoms with Gasteiger partial charge in [-0.05, 0) is 32.0 Å². The Kier molecular flexibility index (Phi) is 2.61. The van der Waals surface area contributed by atoms with Crippen LogP contribution in [0.4, 0.5) is 0 Å². The molecule has 0 aromatic carbocycles. The van der Waals surface area contributed by atoms with E-state index >= 15 is 0 Å². The van der Waals surface area contributed by atoms with E-state index < -0.39 is 0 Å². The predicted molar refractivity (Wildman–Crippen MR) is 53.8 cm³/mol. The molecule has 0 aromatic rings. The molecule has 0 aliphatic heterocycles. The van der Waals surface area contributed by atoms with Gasteiger partial charge >= 0.3 is 0 Å². The fourth-order valence-electron chi connectivity index (χ4n) is 1.33. The highest BCUT2D eigenvalue weighted by Crippen LogP contribution is 2.28. The number of rotatable bonds is 3. The smallest absolute Gasteiger partial charge is 0.117 e. The van der Waals surface area contributed by atoms with Crippen LogP contribution >= 0.6 is 11.6 Å². The van der Waals surface area contributed by atoms with Crippen LogP contribution in [0.2, 0.25) is 0 Å². The molecular formula is C10H14ClNO. The van der Waals surface area contributed by atoms with Crippen LogP contribution in [0, 0.1) is 0 Å². The van der Waals surface area contributed by atoms with Gasteiger partial charge in [0.25, 0.3) is 0 Å². The molecule has 2 rings (SSSR count). The zero-order valence-corrected chi connectivity index (χ0v) is 8.42. The Morgan fingerprint density at radius 1 is 1.54 bits per heavy atom. The van der Waals surface area contributed by atoms with E-state index in [2.05, 4.69) is 11.4 Å². The van der Waals surface area contributed by atoms with E-state index in [4.69, 9.17) is 16.3 Å². The van der Waals surface area contributed by atoms with E-state index in [0.717, 1.165) is 5.76 Å². The largest absolute Gasteiger partial charge is 0.491 e. The van der Waals surface area contributed by atoms with Gasteiger partial charge in [0.2, 0.25) is 0 Å². The number of likely N-dealkylation sites (N-methyl/N-ethyl adjacent to an activating group) is 1. The molecule has 0 heterocycles. The number of alkyl halides is 1. The van der Waals surface area contributed by atoms with Crippen LogP contribution < -0.4 is 5.32 Å². The Hall–Kier alpha value is -0.470. The van der Waals surface area contributed by atoms with Crippen molar-refractivity contribution in [3.8, 4) is 0 Å². The first-order valence-corrected chi connectivity index (χ1v) is 5.11. The monoisotopic (exact) mass is 199 g/mol. The minimum absolute atomic E-state index is 0.0385. The normalized spacial score (nSPS) is 32.9. The van der Waals surface area contributed by atoms with Gasteiger partial charge in [-0.15, -0.1) is 11.6 Å². The van der Waals surface area contributed by atoms with Crippen molar-refractivity contribution in [3.63, 3.8) is 0 Å². The van der Waals surface area contributed by atoms with Crippen molar-refractivity contribution in [2.24, 2.45) is 0 Å². The van der Waals surface area contributed by atoms with Crippen LogP contribution in [-0.2, 0) is 4.74 Å². The summed E-state index contributed by atoms with van der Waals surface area (Å²) in [6, 6.07) is 0.195. The molecule has 2 unspecified atom stereocenters. The average molecular weight is 200 g/mol. The maximum Gasteiger partial charge on any atom is 0.117 e. The van der Waals surface area contributed by atoms with Crippen molar-refractivity contribution >= 4 is 11.6 Å². The fourth-order valence-corrected chi connectivity index (χ4v) is 1.60. The summed E-state index contributed by atoms with van der Waals surface area (Å²) in [6.45, 7) is 0. The highest BCUT2D eigenvalue weighted by Gasteiger charge is 2.25. The molecule has 1 fully saturated rings. The third-order valence-electron chi connectivity index (χ3n) is 2.29. The van der Waals surface area contributed by atoms with Crippen molar-refractivity contribution in [3.05, 3.63) is 24.0 Å². The molecule has 1 saturated carbocycles. The highest BCUT2D eigenvalue weighted by molar-refractivity contribution is 6.22. The van der Waals surface area contributed by atoms with Crippen LogP contribution in [0.5, 0.6) is 0 Å². The lowest BCUT2D eigenvalue weighted by atomic mass is 10.1. The van der Waals surface area contributed by atoms with E-state index in [1.54, 1.807) is 0 Å². The van der Waals surface area contributed by atoms with Gasteiger partial charge in [0.15, 0.2) is 0 Å². The average Bonchev–Trinajstić information content (AvgIpc) is 2.92. The van der Waals surface area contributed by atoms with E-state index in [0.29, 0.717) is 6.10 Å². The second-order valence-electron chi connectivity index (χ2n) is 3.50. The van der Waals surface area contributed by atoms with Crippen molar-refractivity contribution < 1.29 is 4.74 Å². The van der Waals surface area contributed by atoms with Crippen molar-refractivity contribution in [1.29, 1.82) is 0 Å². The minimum Gasteiger partial charge on any atom is -0.491 e. The van der Waals surface area contributed by atoms with Gasteiger partial charge in [0.1, 0.15) is 5.76 Å². The highest BCUT2D eigenvalue weighted by atomic mass is 35.5. The SMILES string of the molecule is CNC1C=C(OC2CC2)C=CC1Cl. The Morgan fingerprint density at radius 3 is 2.92 bits per heavy atom. The molecule has 2 aliphatic rings. The molecule has 0 bridgehead atoms. The number of allylic oxidation sites excluding steroid dienone is 1. The first-order valence-electron chi connectivity index (χ1n) is 4.67. The van der Waals surface area contributed by atoms with Gasteiger partial charge in [0, 0.05) is 6.04 Å². The Bertz CT molecular complexity index is 245. The maximum absolute atomic E-state index is 6.05. The molecule has 0 amide bonds. The summed E-state index contributed by atoms with van der Waals surface area (Å²) in [5.74, 6) is 0.957. The van der Waals surface area contributed by atoms with E-state index in [1.165, 1.54) is 12.8 Å². The molecule has 13 heavy (non-hydrogen) atoms. The van der Waals surface area contributed by atoms with Gasteiger partial charge < -0.3 is 10.1 Å². The van der Waals surface area contributed by atoms with Gasteiger partial charge in [-0.1, -0.05) is 6.08 Å². The molecule has 2 aliphatic carbocycles. The van der Waals surface area contributed by atoms with Crippen LogP contribution in [0.1, 0.15) is 12.8 Å². The molecular weight excluding hydrogens is 186 g/mol. The third-order valence-corrected chi connectivity index (χ3v) is 2.71. The van der Waals surface area contributed by atoms with Crippen LogP contribution in [0.3, 0.4) is 0 Å². The molecule has 0 spiro atoms. The van der Waals surface area contributed by atoms with Crippen molar-refractivity contribution in [2.45, 2.75) is 30.4 Å². The number of halogens is 1. The third kappa shape index (κ3) is 2.26. The summed E-state index contributed by atoms with van der Waals surface area (Å²) in [7, 11) is 1.91. The second kappa shape index (κ2) is 3.72. The summed E-state index contributed by atoms with van der Waals surface area (Å²) in [6.07, 6.45) is 8.83. The van der Waals surface area contributed by atoms with E-state index in [9.17, 15) is 0 Å². The molecule has 0 aromatic heterocycles. The molecule has 2 atom stereocenters. The zero-order chi connectivity index (χ0) is 9.26. The molecule has 1 N–H and O–H groups in total. The van der Waals surface area contributed by atoms with Gasteiger partial charge in [-0.3, -0.25) is 0 Å². The summed E-state index contributed by atoms with van der Waals surface area (Å²) in [4.78, 5) is 0.